The number of hydrogen-bond acceptors (Lipinski definition) is 4. The number of nitrogens with zero attached hydrogens (tertiary/aromatic N) is 1. The Morgan fingerprint density at radius 3 is 2.40 bits per heavy atom. The Labute approximate surface area is 121 Å². The van der Waals surface area contributed by atoms with Crippen molar-refractivity contribution in [1.29, 1.82) is 0 Å². The monoisotopic (exact) mass is 285 g/mol. The van der Waals surface area contributed by atoms with Crippen LogP contribution in [0.3, 0.4) is 0 Å². The van der Waals surface area contributed by atoms with Crippen molar-refractivity contribution in [1.82, 2.24) is 15.5 Å². The lowest BCUT2D eigenvalue weighted by Crippen LogP contribution is -2.45. The lowest BCUT2D eigenvalue weighted by Gasteiger charge is -2.21. The Bertz CT molecular complexity index is 333. The molecule has 1 atom stereocenters. The number of alkyl carbamates (subject to hydrolysis) is 1. The van der Waals surface area contributed by atoms with E-state index in [-0.39, 0.29) is 11.9 Å². The highest BCUT2D eigenvalue weighted by Crippen LogP contribution is 2.07. The Balaban J connectivity index is 2.15. The van der Waals surface area contributed by atoms with Gasteiger partial charge in [-0.2, -0.15) is 0 Å². The second-order valence-electron chi connectivity index (χ2n) is 6.25. The van der Waals surface area contributed by atoms with Crippen LogP contribution in [0.2, 0.25) is 0 Å². The molecular formula is C14H27N3O3. The van der Waals surface area contributed by atoms with Crippen LogP contribution in [0.1, 0.15) is 40.5 Å². The zero-order valence-electron chi connectivity index (χ0n) is 13.0. The lowest BCUT2D eigenvalue weighted by atomic mass is 10.2. The van der Waals surface area contributed by atoms with Crippen LogP contribution >= 0.6 is 0 Å². The van der Waals surface area contributed by atoms with Gasteiger partial charge >= 0.3 is 6.09 Å². The second kappa shape index (κ2) is 7.47. The van der Waals surface area contributed by atoms with Crippen LogP contribution in [0.25, 0.3) is 0 Å². The molecule has 1 unspecified atom stereocenters. The van der Waals surface area contributed by atoms with Crippen LogP contribution in [-0.4, -0.2) is 54.7 Å². The van der Waals surface area contributed by atoms with E-state index in [1.54, 1.807) is 0 Å². The summed E-state index contributed by atoms with van der Waals surface area (Å²) in [6, 6.07) is 0.0223. The van der Waals surface area contributed by atoms with Crippen LogP contribution in [0.15, 0.2) is 0 Å². The van der Waals surface area contributed by atoms with Crippen molar-refractivity contribution in [3.05, 3.63) is 0 Å². The average Bonchev–Trinajstić information content (AvgIpc) is 2.85. The molecule has 0 aromatic heterocycles. The number of rotatable bonds is 5. The zero-order valence-corrected chi connectivity index (χ0v) is 13.0. The van der Waals surface area contributed by atoms with Crippen molar-refractivity contribution in [2.75, 3.05) is 26.2 Å². The smallest absolute Gasteiger partial charge is 0.407 e. The average molecular weight is 285 g/mol. The molecule has 116 valence electrons. The minimum absolute atomic E-state index is 0.0223. The molecule has 0 bridgehead atoms. The predicted molar refractivity (Wildman–Crippen MR) is 77.5 cm³/mol. The van der Waals surface area contributed by atoms with Gasteiger partial charge in [0.1, 0.15) is 5.60 Å². The van der Waals surface area contributed by atoms with Gasteiger partial charge in [0, 0.05) is 25.7 Å². The summed E-state index contributed by atoms with van der Waals surface area (Å²) in [6.07, 6.45) is 1.76. The van der Waals surface area contributed by atoms with Crippen molar-refractivity contribution in [2.45, 2.75) is 52.2 Å². The molecule has 6 nitrogen and oxygen atoms in total. The van der Waals surface area contributed by atoms with E-state index in [4.69, 9.17) is 4.74 Å². The van der Waals surface area contributed by atoms with Gasteiger partial charge in [0.25, 0.3) is 0 Å². The molecule has 2 amide bonds. The van der Waals surface area contributed by atoms with Crippen LogP contribution < -0.4 is 10.6 Å². The molecule has 1 rings (SSSR count). The Hall–Kier alpha value is -1.30. The van der Waals surface area contributed by atoms with Gasteiger partial charge < -0.3 is 20.3 Å². The summed E-state index contributed by atoms with van der Waals surface area (Å²) in [5, 5.41) is 5.80. The largest absolute Gasteiger partial charge is 0.444 e. The molecule has 2 N–H and O–H groups in total. The zero-order chi connectivity index (χ0) is 15.2. The van der Waals surface area contributed by atoms with E-state index < -0.39 is 11.7 Å². The molecule has 1 aliphatic heterocycles. The molecule has 1 aliphatic rings. The van der Waals surface area contributed by atoms with Crippen LogP contribution in [0, 0.1) is 0 Å². The normalized spacial score (nSPS) is 16.9. The standard InChI is InChI=1S/C14H27N3O3/c1-11(9-16-13(19)20-14(2,3)4)15-10-12(18)17-7-5-6-8-17/h11,15H,5-10H2,1-4H3,(H,16,19). The molecule has 0 aromatic carbocycles. The van der Waals surface area contributed by atoms with E-state index >= 15 is 0 Å². The van der Waals surface area contributed by atoms with Gasteiger partial charge in [-0.15, -0.1) is 0 Å². The van der Waals surface area contributed by atoms with Crippen molar-refractivity contribution >= 4 is 12.0 Å². The maximum absolute atomic E-state index is 11.8. The summed E-state index contributed by atoms with van der Waals surface area (Å²) in [4.78, 5) is 25.2. The fourth-order valence-electron chi connectivity index (χ4n) is 1.96. The molecule has 1 saturated heterocycles. The Kier molecular flexibility index (Phi) is 6.26. The maximum atomic E-state index is 11.8. The number of hydrogen-bond donors (Lipinski definition) is 2. The fourth-order valence-corrected chi connectivity index (χ4v) is 1.96. The van der Waals surface area contributed by atoms with Crippen LogP contribution in [-0.2, 0) is 9.53 Å². The summed E-state index contributed by atoms with van der Waals surface area (Å²) < 4.78 is 5.14. The number of carbonyl (C=O) groups is 2. The topological polar surface area (TPSA) is 70.7 Å². The van der Waals surface area contributed by atoms with Gasteiger partial charge in [0.15, 0.2) is 0 Å². The minimum atomic E-state index is -0.494. The molecule has 20 heavy (non-hydrogen) atoms. The minimum Gasteiger partial charge on any atom is -0.444 e. The van der Waals surface area contributed by atoms with Gasteiger partial charge in [0.2, 0.25) is 5.91 Å². The first-order valence-corrected chi connectivity index (χ1v) is 7.26. The molecule has 0 spiro atoms. The second-order valence-corrected chi connectivity index (χ2v) is 6.25. The molecular weight excluding hydrogens is 258 g/mol. The third kappa shape index (κ3) is 6.75. The van der Waals surface area contributed by atoms with Crippen molar-refractivity contribution < 1.29 is 14.3 Å². The number of ether oxygens (including phenoxy) is 1. The third-order valence-corrected chi connectivity index (χ3v) is 3.01. The quantitative estimate of drug-likeness (QED) is 0.794. The summed E-state index contributed by atoms with van der Waals surface area (Å²) in [5.41, 5.74) is -0.494. The molecule has 0 aliphatic carbocycles. The van der Waals surface area contributed by atoms with E-state index in [0.717, 1.165) is 25.9 Å². The highest BCUT2D eigenvalue weighted by atomic mass is 16.6. The number of carbonyl (C=O) groups excluding carboxylic acids is 2. The first-order valence-electron chi connectivity index (χ1n) is 7.26. The fraction of sp³-hybridized carbons (Fsp3) is 0.857. The molecule has 6 heteroatoms. The van der Waals surface area contributed by atoms with Crippen LogP contribution in [0.4, 0.5) is 4.79 Å². The van der Waals surface area contributed by atoms with Crippen molar-refractivity contribution in [3.63, 3.8) is 0 Å². The highest BCUT2D eigenvalue weighted by Gasteiger charge is 2.19. The van der Waals surface area contributed by atoms with Gasteiger partial charge in [0.05, 0.1) is 6.54 Å². The van der Waals surface area contributed by atoms with E-state index in [1.807, 2.05) is 32.6 Å². The Morgan fingerprint density at radius 2 is 1.85 bits per heavy atom. The lowest BCUT2D eigenvalue weighted by molar-refractivity contribution is -0.129. The first-order chi connectivity index (χ1) is 9.28. The molecule has 1 heterocycles. The summed E-state index contributed by atoms with van der Waals surface area (Å²) in [5.74, 6) is 0.131. The van der Waals surface area contributed by atoms with E-state index in [0.29, 0.717) is 13.1 Å². The third-order valence-electron chi connectivity index (χ3n) is 3.01. The SMILES string of the molecule is CC(CNC(=O)OC(C)(C)C)NCC(=O)N1CCCC1. The number of amides is 2. The van der Waals surface area contributed by atoms with Crippen LogP contribution in [0.5, 0.6) is 0 Å². The van der Waals surface area contributed by atoms with Gasteiger partial charge in [-0.3, -0.25) is 4.79 Å². The number of likely N-dealkylation sites (tertiary alicyclic amines) is 1. The summed E-state index contributed by atoms with van der Waals surface area (Å²) in [7, 11) is 0. The number of nitrogens with one attached hydrogen (secondary N) is 2. The molecule has 0 aromatic rings. The van der Waals surface area contributed by atoms with E-state index in [2.05, 4.69) is 10.6 Å². The van der Waals surface area contributed by atoms with Crippen molar-refractivity contribution in [3.8, 4) is 0 Å². The molecule has 0 radical (unpaired) electrons. The highest BCUT2D eigenvalue weighted by molar-refractivity contribution is 5.78. The van der Waals surface area contributed by atoms with Crippen molar-refractivity contribution in [2.24, 2.45) is 0 Å². The van der Waals surface area contributed by atoms with E-state index in [9.17, 15) is 9.59 Å². The van der Waals surface area contributed by atoms with Gasteiger partial charge in [-0.05, 0) is 40.5 Å². The summed E-state index contributed by atoms with van der Waals surface area (Å²) in [6.45, 7) is 9.87. The summed E-state index contributed by atoms with van der Waals surface area (Å²) >= 11 is 0. The molecule has 0 saturated carbocycles. The van der Waals surface area contributed by atoms with Gasteiger partial charge in [-0.25, -0.2) is 4.79 Å². The maximum Gasteiger partial charge on any atom is 0.407 e. The van der Waals surface area contributed by atoms with E-state index in [1.165, 1.54) is 0 Å². The Morgan fingerprint density at radius 1 is 1.25 bits per heavy atom. The van der Waals surface area contributed by atoms with Gasteiger partial charge in [-0.1, -0.05) is 0 Å². The first kappa shape index (κ1) is 16.8. The molecule has 1 fully saturated rings. The predicted octanol–water partition coefficient (Wildman–Crippen LogP) is 1.11.